The van der Waals surface area contributed by atoms with Crippen LogP contribution in [0.15, 0.2) is 267 Å². The Kier molecular flexibility index (Phi) is 9.25. The highest BCUT2D eigenvalue weighted by Gasteiger charge is 2.46. The summed E-state index contributed by atoms with van der Waals surface area (Å²) in [5.41, 5.74) is 21.7. The molecular formula is C72H50N2. The maximum absolute atomic E-state index is 2.50. The van der Waals surface area contributed by atoms with E-state index in [1.54, 1.807) is 0 Å². The highest BCUT2D eigenvalue weighted by molar-refractivity contribution is 6.12. The van der Waals surface area contributed by atoms with Crippen LogP contribution in [0.5, 0.6) is 0 Å². The van der Waals surface area contributed by atoms with E-state index >= 15 is 0 Å². The fraction of sp³-hybridized carbons (Fsp3) is 0.0556. The van der Waals surface area contributed by atoms with Crippen molar-refractivity contribution < 1.29 is 0 Å². The summed E-state index contributed by atoms with van der Waals surface area (Å²) in [6.07, 6.45) is 0. The molecule has 2 heteroatoms. The number of anilines is 3. The summed E-state index contributed by atoms with van der Waals surface area (Å²) in [5.74, 6) is 0. The molecule has 0 atom stereocenters. The van der Waals surface area contributed by atoms with Crippen molar-refractivity contribution in [2.24, 2.45) is 0 Å². The molecule has 2 aliphatic rings. The van der Waals surface area contributed by atoms with Gasteiger partial charge in [-0.25, -0.2) is 0 Å². The van der Waals surface area contributed by atoms with Crippen molar-refractivity contribution in [2.45, 2.75) is 24.7 Å². The summed E-state index contributed by atoms with van der Waals surface area (Å²) >= 11 is 0. The Balaban J connectivity index is 0.895. The van der Waals surface area contributed by atoms with Crippen LogP contribution in [-0.4, -0.2) is 4.57 Å². The van der Waals surface area contributed by atoms with Gasteiger partial charge in [0.15, 0.2) is 0 Å². The molecule has 74 heavy (non-hydrogen) atoms. The first kappa shape index (κ1) is 42.4. The van der Waals surface area contributed by atoms with E-state index < -0.39 is 5.41 Å². The third-order valence-corrected chi connectivity index (χ3v) is 16.6. The second-order valence-electron chi connectivity index (χ2n) is 20.8. The zero-order valence-corrected chi connectivity index (χ0v) is 41.3. The Morgan fingerprint density at radius 2 is 0.838 bits per heavy atom. The maximum Gasteiger partial charge on any atom is 0.0713 e. The second-order valence-corrected chi connectivity index (χ2v) is 20.8. The lowest BCUT2D eigenvalue weighted by atomic mass is 9.67. The molecule has 0 saturated heterocycles. The van der Waals surface area contributed by atoms with Crippen molar-refractivity contribution in [1.29, 1.82) is 0 Å². The molecular weight excluding hydrogens is 893 g/mol. The fourth-order valence-corrected chi connectivity index (χ4v) is 13.2. The highest BCUT2D eigenvalue weighted by Crippen LogP contribution is 2.57. The van der Waals surface area contributed by atoms with Gasteiger partial charge in [0.2, 0.25) is 0 Å². The smallest absolute Gasteiger partial charge is 0.0713 e. The maximum atomic E-state index is 2.50. The van der Waals surface area contributed by atoms with Gasteiger partial charge in [0.1, 0.15) is 0 Å². The lowest BCUT2D eigenvalue weighted by molar-refractivity contribution is 0.660. The summed E-state index contributed by atoms with van der Waals surface area (Å²) < 4.78 is 2.44. The van der Waals surface area contributed by atoms with E-state index in [-0.39, 0.29) is 5.41 Å². The summed E-state index contributed by atoms with van der Waals surface area (Å²) in [7, 11) is 0. The van der Waals surface area contributed by atoms with Gasteiger partial charge in [-0.2, -0.15) is 0 Å². The molecule has 0 unspecified atom stereocenters. The van der Waals surface area contributed by atoms with Gasteiger partial charge in [0.25, 0.3) is 0 Å². The molecule has 0 spiro atoms. The van der Waals surface area contributed by atoms with Crippen molar-refractivity contribution in [3.8, 4) is 39.1 Å². The van der Waals surface area contributed by atoms with Gasteiger partial charge in [0.05, 0.1) is 16.4 Å². The van der Waals surface area contributed by atoms with Crippen LogP contribution in [0.25, 0.3) is 82.4 Å². The third-order valence-electron chi connectivity index (χ3n) is 16.6. The molecule has 0 N–H and O–H groups in total. The molecule has 0 aliphatic heterocycles. The minimum absolute atomic E-state index is 0.128. The van der Waals surface area contributed by atoms with Gasteiger partial charge in [-0.3, -0.25) is 0 Å². The van der Waals surface area contributed by atoms with Gasteiger partial charge in [-0.15, -0.1) is 0 Å². The van der Waals surface area contributed by atoms with Crippen LogP contribution >= 0.6 is 0 Å². The number of fused-ring (bicyclic) bond motifs is 12. The van der Waals surface area contributed by atoms with Gasteiger partial charge in [-0.05, 0) is 161 Å². The zero-order chi connectivity index (χ0) is 49.1. The fourth-order valence-electron chi connectivity index (χ4n) is 13.2. The molecule has 15 rings (SSSR count). The van der Waals surface area contributed by atoms with E-state index in [9.17, 15) is 0 Å². The largest absolute Gasteiger partial charge is 0.310 e. The molecule has 13 aromatic rings. The predicted molar refractivity (Wildman–Crippen MR) is 311 cm³/mol. The lowest BCUT2D eigenvalue weighted by Crippen LogP contribution is -2.28. The van der Waals surface area contributed by atoms with Crippen molar-refractivity contribution in [1.82, 2.24) is 4.57 Å². The molecule has 0 radical (unpaired) electrons. The highest BCUT2D eigenvalue weighted by atomic mass is 15.1. The molecule has 1 heterocycles. The number of para-hydroxylation sites is 1. The number of rotatable bonds is 7. The molecule has 0 amide bonds. The van der Waals surface area contributed by atoms with Crippen LogP contribution in [-0.2, 0) is 10.8 Å². The first-order valence-electron chi connectivity index (χ1n) is 25.9. The number of nitrogens with zero attached hydrogens (tertiary/aromatic N) is 2. The first-order chi connectivity index (χ1) is 36.4. The van der Waals surface area contributed by atoms with Gasteiger partial charge >= 0.3 is 0 Å². The first-order valence-corrected chi connectivity index (χ1v) is 25.9. The van der Waals surface area contributed by atoms with Crippen LogP contribution < -0.4 is 4.90 Å². The molecule has 1 aromatic heterocycles. The molecule has 0 saturated carbocycles. The van der Waals surface area contributed by atoms with Gasteiger partial charge < -0.3 is 9.47 Å². The molecule has 2 aliphatic carbocycles. The molecule has 0 fully saturated rings. The minimum atomic E-state index is -0.499. The third kappa shape index (κ3) is 6.12. The van der Waals surface area contributed by atoms with E-state index in [0.29, 0.717) is 0 Å². The van der Waals surface area contributed by atoms with Crippen molar-refractivity contribution in [2.75, 3.05) is 4.90 Å². The standard InChI is InChI=1S/C72H50N2/c1-71(2)65-26-14-11-23-59(65)62-40-38-56(46-68(62)71)73(55-37-39-58-50(43-55)30-29-48-17-9-10-22-57(48)58)54-35-31-47(32-36-54)49-33-41-69-63(44-49)64-45-52(34-42-70(64)74(69)53-20-7-4-8-21-53)72(51-18-5-3-6-19-51)66-27-15-12-24-60(66)61-25-13-16-28-67(61)72/h3-46H,1-2H3. The molecule has 0 bridgehead atoms. The van der Waals surface area contributed by atoms with Gasteiger partial charge in [-0.1, -0.05) is 208 Å². The Bertz CT molecular complexity index is 4340. The van der Waals surface area contributed by atoms with E-state index in [1.165, 1.54) is 110 Å². The van der Waals surface area contributed by atoms with Crippen molar-refractivity contribution in [3.05, 3.63) is 300 Å². The normalized spacial score (nSPS) is 13.8. The van der Waals surface area contributed by atoms with Crippen LogP contribution in [0.2, 0.25) is 0 Å². The van der Waals surface area contributed by atoms with E-state index in [4.69, 9.17) is 0 Å². The number of benzene rings is 12. The van der Waals surface area contributed by atoms with Crippen LogP contribution in [0, 0.1) is 0 Å². The Morgan fingerprint density at radius 3 is 1.58 bits per heavy atom. The summed E-state index contributed by atoms with van der Waals surface area (Å²) in [5, 5.41) is 7.46. The topological polar surface area (TPSA) is 8.17 Å². The number of aromatic nitrogens is 1. The number of hydrogen-bond donors (Lipinski definition) is 0. The van der Waals surface area contributed by atoms with Crippen LogP contribution in [0.3, 0.4) is 0 Å². The van der Waals surface area contributed by atoms with E-state index in [2.05, 4.69) is 290 Å². The molecule has 2 nitrogen and oxygen atoms in total. The quantitative estimate of drug-likeness (QED) is 0.145. The second kappa shape index (κ2) is 16.1. The van der Waals surface area contributed by atoms with Crippen molar-refractivity contribution in [3.63, 3.8) is 0 Å². The Labute approximate surface area is 431 Å². The predicted octanol–water partition coefficient (Wildman–Crippen LogP) is 18.9. The summed E-state index contributed by atoms with van der Waals surface area (Å²) in [6.45, 7) is 4.73. The Morgan fingerprint density at radius 1 is 0.311 bits per heavy atom. The van der Waals surface area contributed by atoms with Crippen molar-refractivity contribution >= 4 is 60.4 Å². The minimum Gasteiger partial charge on any atom is -0.310 e. The van der Waals surface area contributed by atoms with E-state index in [1.807, 2.05) is 0 Å². The van der Waals surface area contributed by atoms with Crippen LogP contribution in [0.1, 0.15) is 47.2 Å². The van der Waals surface area contributed by atoms with Crippen LogP contribution in [0.4, 0.5) is 17.1 Å². The SMILES string of the molecule is CC1(C)c2ccccc2-c2ccc(N(c3ccc(-c4ccc5c(c4)c4cc(C6(c7ccccc7)c7ccccc7-c7ccccc76)ccc4n5-c4ccccc4)cc3)c3ccc4c(ccc5ccccc54)c3)cc21. The summed E-state index contributed by atoms with van der Waals surface area (Å²) in [6, 6.07) is 99.7. The average molecular weight is 943 g/mol. The van der Waals surface area contributed by atoms with Gasteiger partial charge in [0, 0.05) is 38.9 Å². The van der Waals surface area contributed by atoms with E-state index in [0.717, 1.165) is 22.7 Å². The lowest BCUT2D eigenvalue weighted by Gasteiger charge is -2.34. The Hall–Kier alpha value is -9.24. The summed E-state index contributed by atoms with van der Waals surface area (Å²) in [4.78, 5) is 2.44. The number of hydrogen-bond acceptors (Lipinski definition) is 1. The molecule has 348 valence electrons. The average Bonchev–Trinajstić information content (AvgIpc) is 4.10. The zero-order valence-electron chi connectivity index (χ0n) is 41.3. The molecule has 12 aromatic carbocycles. The monoisotopic (exact) mass is 942 g/mol.